The fourth-order valence-corrected chi connectivity index (χ4v) is 4.48. The lowest BCUT2D eigenvalue weighted by Crippen LogP contribution is -2.60. The molecule has 3 heteroatoms. The van der Waals surface area contributed by atoms with Gasteiger partial charge in [0.15, 0.2) is 0 Å². The zero-order chi connectivity index (χ0) is 12.6. The summed E-state index contributed by atoms with van der Waals surface area (Å²) < 4.78 is 5.61. The molecule has 3 atom stereocenters. The van der Waals surface area contributed by atoms with Crippen molar-refractivity contribution in [2.45, 2.75) is 64.1 Å². The van der Waals surface area contributed by atoms with Crippen LogP contribution in [0.2, 0.25) is 0 Å². The number of hydrogen-bond donors (Lipinski definition) is 1. The number of hydrogen-bond acceptors (Lipinski definition) is 3. The van der Waals surface area contributed by atoms with Gasteiger partial charge in [-0.3, -0.25) is 4.90 Å². The van der Waals surface area contributed by atoms with Gasteiger partial charge in [-0.05, 0) is 44.9 Å². The third-order valence-electron chi connectivity index (χ3n) is 5.56. The van der Waals surface area contributed by atoms with E-state index in [4.69, 9.17) is 4.74 Å². The molecule has 0 aromatic rings. The van der Waals surface area contributed by atoms with Gasteiger partial charge in [0.05, 0.1) is 0 Å². The Labute approximate surface area is 111 Å². The second-order valence-corrected chi connectivity index (χ2v) is 6.74. The molecule has 3 rings (SSSR count). The minimum atomic E-state index is 0.587. The lowest BCUT2D eigenvalue weighted by Gasteiger charge is -2.49. The van der Waals surface area contributed by atoms with Crippen LogP contribution in [0.25, 0.3) is 0 Å². The summed E-state index contributed by atoms with van der Waals surface area (Å²) in [5.74, 6) is 0. The van der Waals surface area contributed by atoms with Gasteiger partial charge in [0.2, 0.25) is 0 Å². The lowest BCUT2D eigenvalue weighted by molar-refractivity contribution is -0.0427. The fourth-order valence-electron chi connectivity index (χ4n) is 4.48. The van der Waals surface area contributed by atoms with E-state index in [0.717, 1.165) is 25.8 Å². The fraction of sp³-hybridized carbons (Fsp3) is 1.00. The van der Waals surface area contributed by atoms with Crippen LogP contribution in [0.4, 0.5) is 0 Å². The lowest BCUT2D eigenvalue weighted by atomic mass is 9.74. The van der Waals surface area contributed by atoms with Gasteiger partial charge in [0.25, 0.3) is 0 Å². The zero-order valence-electron chi connectivity index (χ0n) is 12.0. The highest BCUT2D eigenvalue weighted by Gasteiger charge is 2.47. The SMILES string of the molecule is CC1CN(C2CCCC23CCOCC3)C(C)CN1. The molecule has 1 aliphatic carbocycles. The van der Waals surface area contributed by atoms with Crippen LogP contribution in [-0.2, 0) is 4.74 Å². The molecule has 2 saturated heterocycles. The molecule has 18 heavy (non-hydrogen) atoms. The summed E-state index contributed by atoms with van der Waals surface area (Å²) in [7, 11) is 0. The molecule has 1 N–H and O–H groups in total. The van der Waals surface area contributed by atoms with E-state index >= 15 is 0 Å². The Morgan fingerprint density at radius 1 is 1.17 bits per heavy atom. The van der Waals surface area contributed by atoms with Crippen LogP contribution in [0.3, 0.4) is 0 Å². The van der Waals surface area contributed by atoms with Crippen LogP contribution in [0.5, 0.6) is 0 Å². The molecule has 3 aliphatic rings. The summed E-state index contributed by atoms with van der Waals surface area (Å²) in [6, 6.07) is 2.17. The van der Waals surface area contributed by atoms with Crippen LogP contribution in [-0.4, -0.2) is 49.3 Å². The summed E-state index contributed by atoms with van der Waals surface area (Å²) in [4.78, 5) is 2.82. The van der Waals surface area contributed by atoms with Gasteiger partial charge >= 0.3 is 0 Å². The predicted molar refractivity (Wildman–Crippen MR) is 73.8 cm³/mol. The first-order valence-corrected chi connectivity index (χ1v) is 7.78. The van der Waals surface area contributed by atoms with Crippen LogP contribution in [0, 0.1) is 5.41 Å². The maximum atomic E-state index is 5.61. The first-order valence-electron chi connectivity index (χ1n) is 7.78. The second-order valence-electron chi connectivity index (χ2n) is 6.74. The van der Waals surface area contributed by atoms with Gasteiger partial charge in [-0.15, -0.1) is 0 Å². The van der Waals surface area contributed by atoms with E-state index in [0.29, 0.717) is 17.5 Å². The summed E-state index contributed by atoms with van der Waals surface area (Å²) in [6.45, 7) is 9.09. The quantitative estimate of drug-likeness (QED) is 0.773. The van der Waals surface area contributed by atoms with Crippen molar-refractivity contribution < 1.29 is 4.74 Å². The molecule has 2 aliphatic heterocycles. The minimum absolute atomic E-state index is 0.587. The molecule has 0 aromatic carbocycles. The van der Waals surface area contributed by atoms with Crippen molar-refractivity contribution >= 4 is 0 Å². The van der Waals surface area contributed by atoms with Crippen molar-refractivity contribution in [2.24, 2.45) is 5.41 Å². The zero-order valence-corrected chi connectivity index (χ0v) is 12.0. The van der Waals surface area contributed by atoms with Crippen LogP contribution < -0.4 is 5.32 Å². The smallest absolute Gasteiger partial charge is 0.0471 e. The van der Waals surface area contributed by atoms with Crippen molar-refractivity contribution in [2.75, 3.05) is 26.3 Å². The van der Waals surface area contributed by atoms with Crippen molar-refractivity contribution in [1.29, 1.82) is 0 Å². The highest BCUT2D eigenvalue weighted by atomic mass is 16.5. The number of rotatable bonds is 1. The van der Waals surface area contributed by atoms with E-state index in [2.05, 4.69) is 24.1 Å². The Kier molecular flexibility index (Phi) is 3.65. The molecule has 3 fully saturated rings. The molecule has 0 amide bonds. The van der Waals surface area contributed by atoms with Crippen LogP contribution in [0.1, 0.15) is 46.0 Å². The first kappa shape index (κ1) is 12.9. The second kappa shape index (κ2) is 5.10. The van der Waals surface area contributed by atoms with Gasteiger partial charge in [-0.2, -0.15) is 0 Å². The molecule has 1 spiro atoms. The third-order valence-corrected chi connectivity index (χ3v) is 5.56. The average molecular weight is 252 g/mol. The molecule has 0 bridgehead atoms. The maximum absolute atomic E-state index is 5.61. The molecule has 3 nitrogen and oxygen atoms in total. The van der Waals surface area contributed by atoms with E-state index < -0.39 is 0 Å². The van der Waals surface area contributed by atoms with Gasteiger partial charge in [-0.25, -0.2) is 0 Å². The van der Waals surface area contributed by atoms with Gasteiger partial charge < -0.3 is 10.1 Å². The van der Waals surface area contributed by atoms with Crippen molar-refractivity contribution in [3.63, 3.8) is 0 Å². The summed E-state index contributed by atoms with van der Waals surface area (Å²) >= 11 is 0. The molecule has 2 heterocycles. The standard InChI is InChI=1S/C15H28N2O/c1-12-11-17(13(2)10-16-12)14-4-3-5-15(14)6-8-18-9-7-15/h12-14,16H,3-11H2,1-2H3. The number of nitrogens with zero attached hydrogens (tertiary/aromatic N) is 1. The first-order chi connectivity index (χ1) is 8.71. The average Bonchev–Trinajstić information content (AvgIpc) is 2.76. The summed E-state index contributed by atoms with van der Waals surface area (Å²) in [6.07, 6.45) is 6.87. The van der Waals surface area contributed by atoms with Gasteiger partial charge in [0.1, 0.15) is 0 Å². The van der Waals surface area contributed by atoms with Crippen molar-refractivity contribution in [3.05, 3.63) is 0 Å². The molecule has 104 valence electrons. The van der Waals surface area contributed by atoms with E-state index in [1.807, 2.05) is 0 Å². The number of piperazine rings is 1. The van der Waals surface area contributed by atoms with Crippen LogP contribution >= 0.6 is 0 Å². The molecule has 3 unspecified atom stereocenters. The Balaban J connectivity index is 1.76. The predicted octanol–water partition coefficient (Wildman–Crippen LogP) is 2.02. The highest BCUT2D eigenvalue weighted by Crippen LogP contribution is 2.48. The Bertz CT molecular complexity index is 288. The highest BCUT2D eigenvalue weighted by molar-refractivity contribution is 5.01. The Morgan fingerprint density at radius 2 is 1.94 bits per heavy atom. The molecular formula is C15H28N2O. The van der Waals surface area contributed by atoms with Gasteiger partial charge in [-0.1, -0.05) is 6.42 Å². The Morgan fingerprint density at radius 3 is 2.72 bits per heavy atom. The van der Waals surface area contributed by atoms with Crippen molar-refractivity contribution in [1.82, 2.24) is 10.2 Å². The number of nitrogens with one attached hydrogen (secondary N) is 1. The largest absolute Gasteiger partial charge is 0.381 e. The van der Waals surface area contributed by atoms with Crippen molar-refractivity contribution in [3.8, 4) is 0 Å². The minimum Gasteiger partial charge on any atom is -0.381 e. The molecular weight excluding hydrogens is 224 g/mol. The monoisotopic (exact) mass is 252 g/mol. The topological polar surface area (TPSA) is 24.5 Å². The molecule has 0 radical (unpaired) electrons. The normalized spacial score (nSPS) is 41.3. The van der Waals surface area contributed by atoms with E-state index in [-0.39, 0.29) is 0 Å². The van der Waals surface area contributed by atoms with E-state index in [1.165, 1.54) is 38.6 Å². The molecule has 0 aromatic heterocycles. The summed E-state index contributed by atoms with van der Waals surface area (Å²) in [5.41, 5.74) is 0.587. The maximum Gasteiger partial charge on any atom is 0.0471 e. The van der Waals surface area contributed by atoms with E-state index in [1.54, 1.807) is 0 Å². The van der Waals surface area contributed by atoms with Gasteiger partial charge in [0, 0.05) is 44.4 Å². The third kappa shape index (κ3) is 2.21. The Hall–Kier alpha value is -0.120. The molecule has 1 saturated carbocycles. The van der Waals surface area contributed by atoms with Crippen LogP contribution in [0.15, 0.2) is 0 Å². The van der Waals surface area contributed by atoms with E-state index in [9.17, 15) is 0 Å². The number of ether oxygens (including phenoxy) is 1. The summed E-state index contributed by atoms with van der Waals surface area (Å²) in [5, 5.41) is 3.61.